The highest BCUT2D eigenvalue weighted by molar-refractivity contribution is 9.10. The Labute approximate surface area is 112 Å². The maximum absolute atomic E-state index is 13.6. The zero-order valence-corrected chi connectivity index (χ0v) is 11.3. The lowest BCUT2D eigenvalue weighted by Gasteiger charge is -2.16. The molecule has 1 amide bonds. The van der Waals surface area contributed by atoms with E-state index < -0.39 is 17.5 Å². The Hall–Kier alpha value is -1.01. The molecule has 1 aliphatic heterocycles. The van der Waals surface area contributed by atoms with Crippen LogP contribution in [0.5, 0.6) is 0 Å². The molecule has 0 bridgehead atoms. The van der Waals surface area contributed by atoms with Crippen molar-refractivity contribution in [3.8, 4) is 0 Å². The molecule has 0 radical (unpaired) electrons. The van der Waals surface area contributed by atoms with Crippen molar-refractivity contribution in [2.24, 2.45) is 0 Å². The van der Waals surface area contributed by atoms with Crippen LogP contribution < -0.4 is 0 Å². The number of methoxy groups -OCH3 is 1. The molecule has 1 fully saturated rings. The summed E-state index contributed by atoms with van der Waals surface area (Å²) in [6.45, 7) is 0.904. The average Bonchev–Trinajstić information content (AvgIpc) is 2.81. The summed E-state index contributed by atoms with van der Waals surface area (Å²) in [4.78, 5) is 13.5. The van der Waals surface area contributed by atoms with Gasteiger partial charge in [0.1, 0.15) is 11.6 Å². The van der Waals surface area contributed by atoms with Crippen molar-refractivity contribution in [3.63, 3.8) is 0 Å². The molecule has 1 unspecified atom stereocenters. The molecular weight excluding hydrogens is 308 g/mol. The quantitative estimate of drug-likeness (QED) is 0.784. The van der Waals surface area contributed by atoms with E-state index in [0.717, 1.165) is 12.1 Å². The molecular formula is C12H12BrF2NO2. The Morgan fingerprint density at radius 2 is 2.17 bits per heavy atom. The number of hydrogen-bond acceptors (Lipinski definition) is 2. The summed E-state index contributed by atoms with van der Waals surface area (Å²) >= 11 is 2.87. The Morgan fingerprint density at radius 3 is 2.78 bits per heavy atom. The Kier molecular flexibility index (Phi) is 3.97. The zero-order valence-electron chi connectivity index (χ0n) is 9.75. The van der Waals surface area contributed by atoms with Crippen LogP contribution in [0, 0.1) is 11.6 Å². The third kappa shape index (κ3) is 2.54. The van der Waals surface area contributed by atoms with Gasteiger partial charge in [-0.25, -0.2) is 8.78 Å². The minimum atomic E-state index is -0.728. The van der Waals surface area contributed by atoms with Gasteiger partial charge in [0.2, 0.25) is 0 Å². The molecule has 1 heterocycles. The molecule has 1 aliphatic rings. The highest BCUT2D eigenvalue weighted by Gasteiger charge is 2.28. The second-order valence-corrected chi connectivity index (χ2v) is 5.00. The van der Waals surface area contributed by atoms with Gasteiger partial charge in [-0.2, -0.15) is 0 Å². The van der Waals surface area contributed by atoms with E-state index in [4.69, 9.17) is 4.74 Å². The van der Waals surface area contributed by atoms with E-state index >= 15 is 0 Å². The number of ether oxygens (including phenoxy) is 1. The molecule has 1 aromatic rings. The zero-order chi connectivity index (χ0) is 13.3. The van der Waals surface area contributed by atoms with Crippen molar-refractivity contribution < 1.29 is 18.3 Å². The number of carbonyl (C=O) groups is 1. The van der Waals surface area contributed by atoms with E-state index in [9.17, 15) is 13.6 Å². The lowest BCUT2D eigenvalue weighted by Crippen LogP contribution is -2.30. The van der Waals surface area contributed by atoms with Crippen LogP contribution in [0.1, 0.15) is 16.8 Å². The van der Waals surface area contributed by atoms with Gasteiger partial charge in [0.15, 0.2) is 0 Å². The molecule has 1 aromatic carbocycles. The molecule has 2 rings (SSSR count). The predicted molar refractivity (Wildman–Crippen MR) is 65.4 cm³/mol. The summed E-state index contributed by atoms with van der Waals surface area (Å²) in [5.74, 6) is -1.88. The fourth-order valence-corrected chi connectivity index (χ4v) is 2.28. The summed E-state index contributed by atoms with van der Waals surface area (Å²) in [6, 6.07) is 1.88. The molecule has 0 aliphatic carbocycles. The molecule has 0 saturated carbocycles. The highest BCUT2D eigenvalue weighted by atomic mass is 79.9. The SMILES string of the molecule is COC1CCN(C(=O)c2cc(F)c(Br)cc2F)C1. The number of benzene rings is 1. The van der Waals surface area contributed by atoms with Crippen LogP contribution in [-0.4, -0.2) is 37.1 Å². The van der Waals surface area contributed by atoms with Gasteiger partial charge in [-0.1, -0.05) is 0 Å². The number of likely N-dealkylation sites (tertiary alicyclic amines) is 1. The monoisotopic (exact) mass is 319 g/mol. The summed E-state index contributed by atoms with van der Waals surface area (Å²) in [6.07, 6.45) is 0.681. The van der Waals surface area contributed by atoms with E-state index in [0.29, 0.717) is 19.5 Å². The minimum Gasteiger partial charge on any atom is -0.380 e. The largest absolute Gasteiger partial charge is 0.380 e. The summed E-state index contributed by atoms with van der Waals surface area (Å²) in [7, 11) is 1.57. The van der Waals surface area contributed by atoms with Crippen LogP contribution in [0.2, 0.25) is 0 Å². The van der Waals surface area contributed by atoms with Gasteiger partial charge in [-0.3, -0.25) is 4.79 Å². The molecule has 6 heteroatoms. The van der Waals surface area contributed by atoms with Crippen molar-refractivity contribution in [2.45, 2.75) is 12.5 Å². The maximum atomic E-state index is 13.6. The van der Waals surface area contributed by atoms with Gasteiger partial charge in [-0.15, -0.1) is 0 Å². The number of rotatable bonds is 2. The van der Waals surface area contributed by atoms with E-state index in [2.05, 4.69) is 15.9 Å². The lowest BCUT2D eigenvalue weighted by molar-refractivity contribution is 0.0719. The van der Waals surface area contributed by atoms with Gasteiger partial charge < -0.3 is 9.64 Å². The van der Waals surface area contributed by atoms with Crippen LogP contribution in [0.25, 0.3) is 0 Å². The first-order chi connectivity index (χ1) is 8.52. The molecule has 0 spiro atoms. The van der Waals surface area contributed by atoms with Crippen molar-refractivity contribution >= 4 is 21.8 Å². The summed E-state index contributed by atoms with van der Waals surface area (Å²) < 4.78 is 32.1. The Balaban J connectivity index is 2.22. The second-order valence-electron chi connectivity index (χ2n) is 4.14. The van der Waals surface area contributed by atoms with Crippen molar-refractivity contribution in [2.75, 3.05) is 20.2 Å². The fraction of sp³-hybridized carbons (Fsp3) is 0.417. The number of nitrogens with zero attached hydrogens (tertiary/aromatic N) is 1. The van der Waals surface area contributed by atoms with E-state index in [1.807, 2.05) is 0 Å². The number of carbonyl (C=O) groups excluding carboxylic acids is 1. The summed E-state index contributed by atoms with van der Waals surface area (Å²) in [5, 5.41) is 0. The minimum absolute atomic E-state index is 0.00717. The van der Waals surface area contributed by atoms with Crippen molar-refractivity contribution in [1.29, 1.82) is 0 Å². The molecule has 1 saturated heterocycles. The van der Waals surface area contributed by atoms with Crippen LogP contribution in [0.3, 0.4) is 0 Å². The van der Waals surface area contributed by atoms with Gasteiger partial charge >= 0.3 is 0 Å². The van der Waals surface area contributed by atoms with Crippen molar-refractivity contribution in [1.82, 2.24) is 4.90 Å². The first-order valence-corrected chi connectivity index (χ1v) is 6.29. The smallest absolute Gasteiger partial charge is 0.257 e. The van der Waals surface area contributed by atoms with E-state index in [-0.39, 0.29) is 16.1 Å². The van der Waals surface area contributed by atoms with Gasteiger partial charge in [0.25, 0.3) is 5.91 Å². The lowest BCUT2D eigenvalue weighted by atomic mass is 10.2. The van der Waals surface area contributed by atoms with Crippen LogP contribution in [0.15, 0.2) is 16.6 Å². The third-order valence-electron chi connectivity index (χ3n) is 3.01. The average molecular weight is 320 g/mol. The maximum Gasteiger partial charge on any atom is 0.257 e. The number of halogens is 3. The summed E-state index contributed by atoms with van der Waals surface area (Å²) in [5.41, 5.74) is -0.243. The van der Waals surface area contributed by atoms with Crippen LogP contribution in [0.4, 0.5) is 8.78 Å². The Morgan fingerprint density at radius 1 is 1.44 bits per heavy atom. The predicted octanol–water partition coefficient (Wildman–Crippen LogP) is 2.59. The Bertz CT molecular complexity index is 481. The molecule has 3 nitrogen and oxygen atoms in total. The topological polar surface area (TPSA) is 29.5 Å². The van der Waals surface area contributed by atoms with Gasteiger partial charge in [0.05, 0.1) is 16.1 Å². The van der Waals surface area contributed by atoms with Gasteiger partial charge in [0, 0.05) is 20.2 Å². The first-order valence-electron chi connectivity index (χ1n) is 5.49. The normalized spacial score (nSPS) is 19.3. The molecule has 1 atom stereocenters. The first kappa shape index (κ1) is 13.4. The van der Waals surface area contributed by atoms with Gasteiger partial charge in [-0.05, 0) is 34.5 Å². The molecule has 18 heavy (non-hydrogen) atoms. The fourth-order valence-electron chi connectivity index (χ4n) is 1.96. The number of hydrogen-bond donors (Lipinski definition) is 0. The van der Waals surface area contributed by atoms with E-state index in [1.165, 1.54) is 4.90 Å². The third-order valence-corrected chi connectivity index (χ3v) is 3.61. The molecule has 0 aromatic heterocycles. The van der Waals surface area contributed by atoms with E-state index in [1.54, 1.807) is 7.11 Å². The van der Waals surface area contributed by atoms with Crippen LogP contribution in [-0.2, 0) is 4.74 Å². The van der Waals surface area contributed by atoms with Crippen LogP contribution >= 0.6 is 15.9 Å². The van der Waals surface area contributed by atoms with Crippen molar-refractivity contribution in [3.05, 3.63) is 33.8 Å². The highest BCUT2D eigenvalue weighted by Crippen LogP contribution is 2.22. The number of amides is 1. The molecule has 98 valence electrons. The second kappa shape index (κ2) is 5.32. The standard InChI is InChI=1S/C12H12BrF2NO2/c1-18-7-2-3-16(6-7)12(17)8-4-11(15)9(13)5-10(8)14/h4-5,7H,2-3,6H2,1H3. The molecule has 0 N–H and O–H groups in total.